The number of hydrogen-bond acceptors (Lipinski definition) is 4. The first-order valence-corrected chi connectivity index (χ1v) is 7.47. The lowest BCUT2D eigenvalue weighted by Crippen LogP contribution is -2.51. The molecule has 4 nitrogen and oxygen atoms in total. The Morgan fingerprint density at radius 3 is 2.47 bits per heavy atom. The summed E-state index contributed by atoms with van der Waals surface area (Å²) in [5, 5.41) is 21.1. The minimum atomic E-state index is -0.974. The third-order valence-corrected chi connectivity index (χ3v) is 4.33. The van der Waals surface area contributed by atoms with Gasteiger partial charge in [0.25, 0.3) is 5.91 Å². The van der Waals surface area contributed by atoms with E-state index in [1.54, 1.807) is 6.92 Å². The van der Waals surface area contributed by atoms with Gasteiger partial charge in [-0.05, 0) is 31.4 Å². The van der Waals surface area contributed by atoms with E-state index in [0.717, 1.165) is 19.3 Å². The molecule has 1 heterocycles. The first-order chi connectivity index (χ1) is 8.99. The Labute approximate surface area is 118 Å². The van der Waals surface area contributed by atoms with E-state index >= 15 is 0 Å². The molecule has 1 aromatic rings. The average molecular weight is 285 g/mol. The van der Waals surface area contributed by atoms with Gasteiger partial charge in [-0.25, -0.2) is 0 Å². The fourth-order valence-corrected chi connectivity index (χ4v) is 3.03. The summed E-state index contributed by atoms with van der Waals surface area (Å²) in [5.74, 6) is -0.229. The minimum absolute atomic E-state index is 0.229. The predicted octanol–water partition coefficient (Wildman–Crippen LogP) is 1.74. The van der Waals surface area contributed by atoms with Crippen molar-refractivity contribution >= 4 is 17.2 Å². The van der Waals surface area contributed by atoms with E-state index in [4.69, 9.17) is 0 Å². The number of thiophene rings is 1. The Kier molecular flexibility index (Phi) is 5.97. The molecule has 108 valence electrons. The van der Waals surface area contributed by atoms with E-state index in [2.05, 4.69) is 19.2 Å². The molecule has 0 aliphatic rings. The lowest BCUT2D eigenvalue weighted by molar-refractivity contribution is 0.0727. The Morgan fingerprint density at radius 2 is 2.00 bits per heavy atom. The van der Waals surface area contributed by atoms with Crippen molar-refractivity contribution in [2.24, 2.45) is 0 Å². The lowest BCUT2D eigenvalue weighted by Gasteiger charge is -2.25. The zero-order chi connectivity index (χ0) is 14.5. The number of amides is 1. The fraction of sp³-hybridized carbons (Fsp3) is 0.643. The van der Waals surface area contributed by atoms with Crippen LogP contribution < -0.4 is 5.32 Å². The van der Waals surface area contributed by atoms with Gasteiger partial charge in [-0.2, -0.15) is 0 Å². The van der Waals surface area contributed by atoms with Crippen molar-refractivity contribution in [3.05, 3.63) is 21.4 Å². The number of rotatable bonds is 7. The molecule has 0 saturated heterocycles. The van der Waals surface area contributed by atoms with Gasteiger partial charge in [0.1, 0.15) is 0 Å². The van der Waals surface area contributed by atoms with Crippen LogP contribution in [0.4, 0.5) is 0 Å². The van der Waals surface area contributed by atoms with Crippen molar-refractivity contribution in [3.63, 3.8) is 0 Å². The monoisotopic (exact) mass is 285 g/mol. The van der Waals surface area contributed by atoms with Crippen LogP contribution in [0.2, 0.25) is 0 Å². The van der Waals surface area contributed by atoms with E-state index in [9.17, 15) is 15.0 Å². The van der Waals surface area contributed by atoms with Crippen molar-refractivity contribution in [1.29, 1.82) is 0 Å². The molecule has 0 atom stereocenters. The molecule has 0 aliphatic carbocycles. The molecular formula is C14H23NO3S. The zero-order valence-electron chi connectivity index (χ0n) is 11.8. The molecule has 0 aliphatic heterocycles. The molecule has 19 heavy (non-hydrogen) atoms. The fourth-order valence-electron chi connectivity index (χ4n) is 1.78. The van der Waals surface area contributed by atoms with Gasteiger partial charge in [0.05, 0.1) is 23.6 Å². The molecule has 0 bridgehead atoms. The van der Waals surface area contributed by atoms with Crippen LogP contribution in [-0.4, -0.2) is 34.9 Å². The smallest absolute Gasteiger partial charge is 0.261 e. The summed E-state index contributed by atoms with van der Waals surface area (Å²) in [5.41, 5.74) is 0.241. The van der Waals surface area contributed by atoms with Gasteiger partial charge in [0.15, 0.2) is 0 Å². The molecule has 0 spiro atoms. The predicted molar refractivity (Wildman–Crippen MR) is 77.7 cm³/mol. The maximum atomic E-state index is 12.1. The molecule has 0 saturated carbocycles. The summed E-state index contributed by atoms with van der Waals surface area (Å²) in [4.78, 5) is 14.0. The van der Waals surface area contributed by atoms with Gasteiger partial charge in [0, 0.05) is 4.88 Å². The first-order valence-electron chi connectivity index (χ1n) is 6.65. The molecule has 1 rings (SSSR count). The maximum absolute atomic E-state index is 12.1. The van der Waals surface area contributed by atoms with E-state index in [1.165, 1.54) is 21.8 Å². The molecule has 1 amide bonds. The quantitative estimate of drug-likeness (QED) is 0.714. The van der Waals surface area contributed by atoms with Crippen LogP contribution in [-0.2, 0) is 12.8 Å². The standard InChI is InChI=1S/C14H23NO3S/c1-4-6-11-10(5-2)7-12(19-11)13(18)15-14(3,8-16)9-17/h7,16-17H,4-6,8-9H2,1-3H3,(H,15,18). The van der Waals surface area contributed by atoms with Crippen molar-refractivity contribution in [2.75, 3.05) is 13.2 Å². The number of aryl methyl sites for hydroxylation is 2. The van der Waals surface area contributed by atoms with Gasteiger partial charge < -0.3 is 15.5 Å². The van der Waals surface area contributed by atoms with Crippen LogP contribution in [0.3, 0.4) is 0 Å². The highest BCUT2D eigenvalue weighted by atomic mass is 32.1. The van der Waals surface area contributed by atoms with Gasteiger partial charge in [-0.1, -0.05) is 20.3 Å². The van der Waals surface area contributed by atoms with Crippen molar-refractivity contribution in [2.45, 2.75) is 45.6 Å². The number of carbonyl (C=O) groups excluding carboxylic acids is 1. The second kappa shape index (κ2) is 7.03. The number of nitrogens with one attached hydrogen (secondary N) is 1. The van der Waals surface area contributed by atoms with E-state index in [1.807, 2.05) is 6.07 Å². The molecule has 0 aromatic carbocycles. The second-order valence-electron chi connectivity index (χ2n) is 4.99. The number of aliphatic hydroxyl groups is 2. The van der Waals surface area contributed by atoms with E-state index in [-0.39, 0.29) is 19.1 Å². The molecular weight excluding hydrogens is 262 g/mol. The topological polar surface area (TPSA) is 69.6 Å². The number of aliphatic hydroxyl groups excluding tert-OH is 2. The number of carbonyl (C=O) groups is 1. The van der Waals surface area contributed by atoms with Gasteiger partial charge >= 0.3 is 0 Å². The van der Waals surface area contributed by atoms with Gasteiger partial charge in [-0.15, -0.1) is 11.3 Å². The third-order valence-electron chi connectivity index (χ3n) is 3.09. The number of hydrogen-bond donors (Lipinski definition) is 3. The normalized spacial score (nSPS) is 11.6. The summed E-state index contributed by atoms with van der Waals surface area (Å²) >= 11 is 1.50. The van der Waals surface area contributed by atoms with Crippen LogP contribution >= 0.6 is 11.3 Å². The van der Waals surface area contributed by atoms with Crippen molar-refractivity contribution < 1.29 is 15.0 Å². The average Bonchev–Trinajstić information content (AvgIpc) is 2.82. The Hall–Kier alpha value is -0.910. The molecule has 5 heteroatoms. The highest BCUT2D eigenvalue weighted by molar-refractivity contribution is 7.14. The summed E-state index contributed by atoms with van der Waals surface area (Å²) in [6.45, 7) is 5.24. The largest absolute Gasteiger partial charge is 0.394 e. The van der Waals surface area contributed by atoms with Crippen LogP contribution in [0.5, 0.6) is 0 Å². The van der Waals surface area contributed by atoms with Crippen LogP contribution in [0.1, 0.15) is 47.3 Å². The molecule has 0 unspecified atom stereocenters. The first kappa shape index (κ1) is 16.1. The van der Waals surface area contributed by atoms with E-state index < -0.39 is 5.54 Å². The molecule has 0 radical (unpaired) electrons. The lowest BCUT2D eigenvalue weighted by atomic mass is 10.1. The SMILES string of the molecule is CCCc1sc(C(=O)NC(C)(CO)CO)cc1CC. The molecule has 1 aromatic heterocycles. The van der Waals surface area contributed by atoms with Crippen LogP contribution in [0.25, 0.3) is 0 Å². The van der Waals surface area contributed by atoms with Crippen molar-refractivity contribution in [3.8, 4) is 0 Å². The Balaban J connectivity index is 2.88. The highest BCUT2D eigenvalue weighted by Gasteiger charge is 2.26. The molecule has 3 N–H and O–H groups in total. The molecule has 0 fully saturated rings. The summed E-state index contributed by atoms with van der Waals surface area (Å²) in [7, 11) is 0. The van der Waals surface area contributed by atoms with Gasteiger partial charge in [-0.3, -0.25) is 4.79 Å². The maximum Gasteiger partial charge on any atom is 0.261 e. The Morgan fingerprint density at radius 1 is 1.37 bits per heavy atom. The Bertz CT molecular complexity index is 424. The summed E-state index contributed by atoms with van der Waals surface area (Å²) in [6, 6.07) is 1.92. The summed E-state index contributed by atoms with van der Waals surface area (Å²) in [6.07, 6.45) is 2.95. The van der Waals surface area contributed by atoms with Crippen molar-refractivity contribution in [1.82, 2.24) is 5.32 Å². The van der Waals surface area contributed by atoms with Crippen LogP contribution in [0.15, 0.2) is 6.07 Å². The van der Waals surface area contributed by atoms with Gasteiger partial charge in [0.2, 0.25) is 0 Å². The second-order valence-corrected chi connectivity index (χ2v) is 6.13. The summed E-state index contributed by atoms with van der Waals surface area (Å²) < 4.78 is 0. The third kappa shape index (κ3) is 4.03. The zero-order valence-corrected chi connectivity index (χ0v) is 12.6. The van der Waals surface area contributed by atoms with E-state index in [0.29, 0.717) is 4.88 Å². The van der Waals surface area contributed by atoms with Crippen LogP contribution in [0, 0.1) is 0 Å². The highest BCUT2D eigenvalue weighted by Crippen LogP contribution is 2.25. The minimum Gasteiger partial charge on any atom is -0.394 e.